The molecule has 1 amide bonds. The Balaban J connectivity index is 2.90. The van der Waals surface area contributed by atoms with E-state index in [1.54, 1.807) is 6.07 Å². The molecule has 22 heavy (non-hydrogen) atoms. The van der Waals surface area contributed by atoms with Crippen molar-refractivity contribution in [1.29, 1.82) is 0 Å². The molecule has 0 aliphatic rings. The molecule has 0 fully saturated rings. The van der Waals surface area contributed by atoms with Crippen molar-refractivity contribution in [2.24, 2.45) is 0 Å². The van der Waals surface area contributed by atoms with E-state index in [-0.39, 0.29) is 20.4 Å². The van der Waals surface area contributed by atoms with E-state index in [2.05, 4.69) is 21.2 Å². The van der Waals surface area contributed by atoms with Gasteiger partial charge in [0, 0.05) is 12.8 Å². The Hall–Kier alpha value is -0.880. The minimum atomic E-state index is -0.511. The second kappa shape index (κ2) is 10.0. The molecule has 122 valence electrons. The Kier molecular flexibility index (Phi) is 8.71. The zero-order valence-electron chi connectivity index (χ0n) is 12.9. The third kappa shape index (κ3) is 6.08. The first-order valence-corrected chi connectivity index (χ1v) is 9.09. The van der Waals surface area contributed by atoms with Gasteiger partial charge in [0.25, 0.3) is 0 Å². The van der Waals surface area contributed by atoms with Gasteiger partial charge >= 0.3 is 0 Å². The van der Waals surface area contributed by atoms with Gasteiger partial charge in [0.1, 0.15) is 0 Å². The predicted molar refractivity (Wildman–Crippen MR) is 92.6 cm³/mol. The second-order valence-corrected chi connectivity index (χ2v) is 6.89. The largest absolute Gasteiger partial charge is 0.325 e. The molecule has 0 aliphatic heterocycles. The summed E-state index contributed by atoms with van der Waals surface area (Å²) < 4.78 is 14.6. The fourth-order valence-electron chi connectivity index (χ4n) is 1.77. The van der Waals surface area contributed by atoms with Gasteiger partial charge in [0.15, 0.2) is 10.9 Å². The zero-order chi connectivity index (χ0) is 16.5. The van der Waals surface area contributed by atoms with Crippen LogP contribution >= 0.6 is 27.7 Å². The summed E-state index contributed by atoms with van der Waals surface area (Å²) in [7, 11) is 0. The summed E-state index contributed by atoms with van der Waals surface area (Å²) in [5.41, 5.74) is 0.358. The average Bonchev–Trinajstić information content (AvgIpc) is 2.50. The number of thioether (sulfide) groups is 1. The van der Waals surface area contributed by atoms with Crippen LogP contribution in [0.25, 0.3) is 0 Å². The number of benzene rings is 1. The van der Waals surface area contributed by atoms with E-state index < -0.39 is 5.82 Å². The Morgan fingerprint density at radius 1 is 1.18 bits per heavy atom. The maximum atomic E-state index is 14.3. The lowest BCUT2D eigenvalue weighted by atomic mass is 10.2. The van der Waals surface area contributed by atoms with E-state index in [1.165, 1.54) is 6.07 Å². The van der Waals surface area contributed by atoms with Crippen LogP contribution in [0, 0.1) is 5.82 Å². The zero-order valence-corrected chi connectivity index (χ0v) is 15.3. The van der Waals surface area contributed by atoms with Crippen LogP contribution in [0.5, 0.6) is 0 Å². The molecule has 0 spiro atoms. The summed E-state index contributed by atoms with van der Waals surface area (Å²) in [5.74, 6) is -0.672. The normalized spacial score (nSPS) is 10.5. The number of carbonyl (C=O) groups is 2. The molecule has 0 aliphatic carbocycles. The highest BCUT2D eigenvalue weighted by molar-refractivity contribution is 9.10. The first kappa shape index (κ1) is 19.2. The summed E-state index contributed by atoms with van der Waals surface area (Å²) >= 11 is 3.98. The molecule has 0 saturated heterocycles. The summed E-state index contributed by atoms with van der Waals surface area (Å²) in [6, 6.07) is 3.15. The fourth-order valence-corrected chi connectivity index (χ4v) is 3.13. The fraction of sp³-hybridized carbons (Fsp3) is 0.500. The molecule has 0 heterocycles. The molecular weight excluding hydrogens is 369 g/mol. The van der Waals surface area contributed by atoms with Crippen LogP contribution in [0.4, 0.5) is 10.1 Å². The molecule has 0 atom stereocenters. The molecule has 1 aromatic carbocycles. The maximum absolute atomic E-state index is 14.3. The highest BCUT2D eigenvalue weighted by Gasteiger charge is 2.17. The molecule has 0 unspecified atom stereocenters. The Bertz CT molecular complexity index is 537. The molecule has 6 heteroatoms. The van der Waals surface area contributed by atoms with E-state index >= 15 is 0 Å². The summed E-state index contributed by atoms with van der Waals surface area (Å²) in [4.78, 5) is 23.9. The van der Waals surface area contributed by atoms with E-state index in [4.69, 9.17) is 0 Å². The van der Waals surface area contributed by atoms with Crippen LogP contribution in [-0.2, 0) is 9.59 Å². The van der Waals surface area contributed by atoms with Crippen LogP contribution in [0.15, 0.2) is 21.5 Å². The van der Waals surface area contributed by atoms with Crippen molar-refractivity contribution >= 4 is 44.4 Å². The van der Waals surface area contributed by atoms with Crippen molar-refractivity contribution in [1.82, 2.24) is 0 Å². The molecule has 3 nitrogen and oxygen atoms in total. The molecule has 0 bridgehead atoms. The number of nitrogens with one attached hydrogen (secondary N) is 1. The third-order valence-electron chi connectivity index (χ3n) is 3.03. The number of hydrogen-bond acceptors (Lipinski definition) is 3. The third-order valence-corrected chi connectivity index (χ3v) is 4.68. The van der Waals surface area contributed by atoms with Gasteiger partial charge in [-0.2, -0.15) is 0 Å². The predicted octanol–water partition coefficient (Wildman–Crippen LogP) is 5.53. The monoisotopic (exact) mass is 389 g/mol. The van der Waals surface area contributed by atoms with E-state index in [0.29, 0.717) is 18.5 Å². The van der Waals surface area contributed by atoms with Gasteiger partial charge in [-0.15, -0.1) is 0 Å². The lowest BCUT2D eigenvalue weighted by Gasteiger charge is -2.12. The van der Waals surface area contributed by atoms with Gasteiger partial charge in [-0.1, -0.05) is 26.7 Å². The minimum absolute atomic E-state index is 0.0945. The van der Waals surface area contributed by atoms with Gasteiger partial charge < -0.3 is 5.32 Å². The van der Waals surface area contributed by atoms with Crippen molar-refractivity contribution < 1.29 is 14.0 Å². The highest BCUT2D eigenvalue weighted by atomic mass is 79.9. The first-order valence-electron chi connectivity index (χ1n) is 7.48. The summed E-state index contributed by atoms with van der Waals surface area (Å²) in [6.07, 6.45) is 4.17. The van der Waals surface area contributed by atoms with Gasteiger partial charge in [-0.25, -0.2) is 4.39 Å². The second-order valence-electron chi connectivity index (χ2n) is 4.97. The Morgan fingerprint density at radius 3 is 2.45 bits per heavy atom. The molecule has 1 rings (SSSR count). The van der Waals surface area contributed by atoms with Gasteiger partial charge in [-0.05, 0) is 52.7 Å². The number of halogens is 2. The van der Waals surface area contributed by atoms with Gasteiger partial charge in [0.2, 0.25) is 5.91 Å². The van der Waals surface area contributed by atoms with E-state index in [9.17, 15) is 14.0 Å². The molecule has 0 radical (unpaired) electrons. The Labute approximate surface area is 143 Å². The lowest BCUT2D eigenvalue weighted by Crippen LogP contribution is -2.12. The van der Waals surface area contributed by atoms with Gasteiger partial charge in [0.05, 0.1) is 15.1 Å². The number of rotatable bonds is 8. The smallest absolute Gasteiger partial charge is 0.224 e. The van der Waals surface area contributed by atoms with Crippen LogP contribution in [0.3, 0.4) is 0 Å². The number of unbranched alkanes of at least 4 members (excludes halogenated alkanes) is 2. The van der Waals surface area contributed by atoms with E-state index in [1.807, 2.05) is 13.8 Å². The maximum Gasteiger partial charge on any atom is 0.224 e. The van der Waals surface area contributed by atoms with Crippen LogP contribution < -0.4 is 5.32 Å². The number of amides is 1. The molecule has 1 aromatic rings. The van der Waals surface area contributed by atoms with E-state index in [0.717, 1.165) is 37.4 Å². The summed E-state index contributed by atoms with van der Waals surface area (Å²) in [5, 5.41) is 2.61. The molecule has 0 aromatic heterocycles. The van der Waals surface area contributed by atoms with Crippen LogP contribution in [0.1, 0.15) is 52.4 Å². The van der Waals surface area contributed by atoms with Crippen LogP contribution in [0.2, 0.25) is 0 Å². The lowest BCUT2D eigenvalue weighted by molar-refractivity contribution is -0.116. The highest BCUT2D eigenvalue weighted by Crippen LogP contribution is 2.35. The van der Waals surface area contributed by atoms with Crippen molar-refractivity contribution in [3.05, 3.63) is 22.4 Å². The number of carbonyl (C=O) groups excluding carboxylic acids is 2. The van der Waals surface area contributed by atoms with Crippen molar-refractivity contribution in [3.8, 4) is 0 Å². The topological polar surface area (TPSA) is 46.2 Å². The summed E-state index contributed by atoms with van der Waals surface area (Å²) in [6.45, 7) is 4.00. The number of anilines is 1. The average molecular weight is 390 g/mol. The molecule has 1 N–H and O–H groups in total. The quantitative estimate of drug-likeness (QED) is 0.594. The minimum Gasteiger partial charge on any atom is -0.325 e. The first-order chi connectivity index (χ1) is 10.5. The molecule has 0 saturated carbocycles. The van der Waals surface area contributed by atoms with Gasteiger partial charge in [-0.3, -0.25) is 9.59 Å². The van der Waals surface area contributed by atoms with Crippen molar-refractivity contribution in [2.75, 3.05) is 5.32 Å². The molecular formula is C16H21BrFNO2S. The van der Waals surface area contributed by atoms with Crippen molar-refractivity contribution in [2.45, 2.75) is 57.3 Å². The van der Waals surface area contributed by atoms with Crippen molar-refractivity contribution in [3.63, 3.8) is 0 Å². The standard InChI is InChI=1S/C16H21BrFNO2S/c1-3-5-7-13(20)19-12-10-9-11(17)15(18)16(12)22-14(21)8-6-4-2/h9-10H,3-8H2,1-2H3,(H,19,20). The van der Waals surface area contributed by atoms with Crippen LogP contribution in [-0.4, -0.2) is 11.0 Å². The SMILES string of the molecule is CCCCC(=O)Nc1ccc(Br)c(F)c1SC(=O)CCCC. The Morgan fingerprint density at radius 2 is 1.82 bits per heavy atom. The number of hydrogen-bond donors (Lipinski definition) is 1.